The number of carbonyl (C=O) groups excluding carboxylic acids is 1. The molecular formula is C19H16N2O. The summed E-state index contributed by atoms with van der Waals surface area (Å²) in [4.78, 5) is 16.8. The Morgan fingerprint density at radius 1 is 1.00 bits per heavy atom. The monoisotopic (exact) mass is 288 g/mol. The van der Waals surface area contributed by atoms with Gasteiger partial charge in [-0.2, -0.15) is 0 Å². The summed E-state index contributed by atoms with van der Waals surface area (Å²) in [5.41, 5.74) is 4.20. The van der Waals surface area contributed by atoms with Crippen molar-refractivity contribution in [3.8, 4) is 0 Å². The number of benzene rings is 2. The zero-order valence-electron chi connectivity index (χ0n) is 12.1. The minimum Gasteiger partial charge on any atom is -0.349 e. The lowest BCUT2D eigenvalue weighted by molar-refractivity contribution is 0.0938. The number of aromatic nitrogens is 1. The summed E-state index contributed by atoms with van der Waals surface area (Å²) < 4.78 is 0. The van der Waals surface area contributed by atoms with Crippen molar-refractivity contribution < 1.29 is 4.79 Å². The Kier molecular flexibility index (Phi) is 3.11. The minimum absolute atomic E-state index is 0.0453. The maximum Gasteiger partial charge on any atom is 0.253 e. The van der Waals surface area contributed by atoms with Gasteiger partial charge in [-0.3, -0.25) is 9.78 Å². The first-order valence-electron chi connectivity index (χ1n) is 7.52. The van der Waals surface area contributed by atoms with Crippen molar-refractivity contribution in [2.45, 2.75) is 18.9 Å². The molecule has 2 aromatic carbocycles. The quantitative estimate of drug-likeness (QED) is 0.787. The zero-order valence-corrected chi connectivity index (χ0v) is 12.1. The predicted octanol–water partition coefficient (Wildman–Crippen LogP) is 3.13. The van der Waals surface area contributed by atoms with E-state index in [1.165, 1.54) is 11.1 Å². The summed E-state index contributed by atoms with van der Waals surface area (Å²) in [5.74, 6) is -0.0453. The molecular weight excluding hydrogens is 272 g/mol. The van der Waals surface area contributed by atoms with Gasteiger partial charge in [-0.05, 0) is 36.1 Å². The number of nitrogens with one attached hydrogen (secondary N) is 1. The van der Waals surface area contributed by atoms with Crippen LogP contribution in [0.2, 0.25) is 0 Å². The molecule has 1 amide bonds. The number of para-hydroxylation sites is 1. The van der Waals surface area contributed by atoms with Crippen LogP contribution in [0.25, 0.3) is 10.9 Å². The standard InChI is InChI=1S/C19H16N2O/c22-19(16-9-15-7-3-4-8-18(15)20-12-16)21-17-10-13-5-1-2-6-14(13)11-17/h1-9,12,17H,10-11H2,(H,21,22). The SMILES string of the molecule is O=C(NC1Cc2ccccc2C1)c1cnc2ccccc2c1. The van der Waals surface area contributed by atoms with Gasteiger partial charge in [-0.25, -0.2) is 0 Å². The average Bonchev–Trinajstić information content (AvgIpc) is 2.96. The van der Waals surface area contributed by atoms with E-state index in [0.717, 1.165) is 23.7 Å². The highest BCUT2D eigenvalue weighted by molar-refractivity contribution is 5.97. The van der Waals surface area contributed by atoms with Crippen LogP contribution >= 0.6 is 0 Å². The molecule has 0 saturated carbocycles. The highest BCUT2D eigenvalue weighted by Crippen LogP contribution is 2.22. The number of pyridine rings is 1. The zero-order chi connectivity index (χ0) is 14.9. The van der Waals surface area contributed by atoms with Crippen LogP contribution in [0.5, 0.6) is 0 Å². The van der Waals surface area contributed by atoms with E-state index in [-0.39, 0.29) is 11.9 Å². The second-order valence-corrected chi connectivity index (χ2v) is 5.76. The Labute approximate surface area is 129 Å². The Morgan fingerprint density at radius 2 is 1.68 bits per heavy atom. The topological polar surface area (TPSA) is 42.0 Å². The Bertz CT molecular complexity index is 832. The molecule has 0 bridgehead atoms. The van der Waals surface area contributed by atoms with Gasteiger partial charge in [0.15, 0.2) is 0 Å². The molecule has 108 valence electrons. The van der Waals surface area contributed by atoms with E-state index in [2.05, 4.69) is 34.6 Å². The van der Waals surface area contributed by atoms with Gasteiger partial charge in [-0.15, -0.1) is 0 Å². The van der Waals surface area contributed by atoms with Crippen LogP contribution < -0.4 is 5.32 Å². The summed E-state index contributed by atoms with van der Waals surface area (Å²) in [6.07, 6.45) is 3.46. The molecule has 22 heavy (non-hydrogen) atoms. The maximum atomic E-state index is 12.4. The molecule has 3 aromatic rings. The highest BCUT2D eigenvalue weighted by Gasteiger charge is 2.22. The largest absolute Gasteiger partial charge is 0.349 e. The van der Waals surface area contributed by atoms with Gasteiger partial charge in [0.05, 0.1) is 11.1 Å². The lowest BCUT2D eigenvalue weighted by Crippen LogP contribution is -2.35. The third kappa shape index (κ3) is 2.35. The molecule has 0 atom stereocenters. The maximum absolute atomic E-state index is 12.4. The van der Waals surface area contributed by atoms with Crippen molar-refractivity contribution in [3.05, 3.63) is 77.5 Å². The summed E-state index contributed by atoms with van der Waals surface area (Å²) in [6, 6.07) is 18.3. The molecule has 0 spiro atoms. The summed E-state index contributed by atoms with van der Waals surface area (Å²) in [7, 11) is 0. The first-order chi connectivity index (χ1) is 10.8. The summed E-state index contributed by atoms with van der Waals surface area (Å²) in [6.45, 7) is 0. The lowest BCUT2D eigenvalue weighted by Gasteiger charge is -2.12. The van der Waals surface area contributed by atoms with Gasteiger partial charge in [0.2, 0.25) is 0 Å². The molecule has 0 fully saturated rings. The Hall–Kier alpha value is -2.68. The molecule has 0 saturated heterocycles. The molecule has 3 nitrogen and oxygen atoms in total. The van der Waals surface area contributed by atoms with Crippen LogP contribution in [0, 0.1) is 0 Å². The van der Waals surface area contributed by atoms with Gasteiger partial charge >= 0.3 is 0 Å². The average molecular weight is 288 g/mol. The number of nitrogens with zero attached hydrogens (tertiary/aromatic N) is 1. The molecule has 3 heteroatoms. The van der Waals surface area contributed by atoms with Crippen molar-refractivity contribution in [2.75, 3.05) is 0 Å². The number of carbonyl (C=O) groups is 1. The van der Waals surface area contributed by atoms with Crippen molar-refractivity contribution in [1.82, 2.24) is 10.3 Å². The van der Waals surface area contributed by atoms with E-state index in [4.69, 9.17) is 0 Å². The van der Waals surface area contributed by atoms with Crippen LogP contribution in [0.15, 0.2) is 60.8 Å². The van der Waals surface area contributed by atoms with Crippen LogP contribution in [-0.2, 0) is 12.8 Å². The molecule has 1 aliphatic rings. The molecule has 1 aliphatic carbocycles. The van der Waals surface area contributed by atoms with E-state index in [9.17, 15) is 4.79 Å². The van der Waals surface area contributed by atoms with Gasteiger partial charge in [-0.1, -0.05) is 42.5 Å². The van der Waals surface area contributed by atoms with E-state index in [0.29, 0.717) is 5.56 Å². The summed E-state index contributed by atoms with van der Waals surface area (Å²) in [5, 5.41) is 4.12. The number of hydrogen-bond donors (Lipinski definition) is 1. The van der Waals surface area contributed by atoms with Crippen LogP contribution in [-0.4, -0.2) is 16.9 Å². The van der Waals surface area contributed by atoms with Crippen LogP contribution in [0.3, 0.4) is 0 Å². The fraction of sp³-hybridized carbons (Fsp3) is 0.158. The number of amides is 1. The minimum atomic E-state index is -0.0453. The fourth-order valence-corrected chi connectivity index (χ4v) is 3.12. The molecule has 0 aliphatic heterocycles. The molecule has 1 N–H and O–H groups in total. The number of hydrogen-bond acceptors (Lipinski definition) is 2. The number of fused-ring (bicyclic) bond motifs is 2. The lowest BCUT2D eigenvalue weighted by atomic mass is 10.1. The smallest absolute Gasteiger partial charge is 0.253 e. The second-order valence-electron chi connectivity index (χ2n) is 5.76. The normalized spacial score (nSPS) is 14.0. The van der Waals surface area contributed by atoms with E-state index in [1.54, 1.807) is 6.20 Å². The van der Waals surface area contributed by atoms with E-state index >= 15 is 0 Å². The second kappa shape index (κ2) is 5.26. The Balaban J connectivity index is 1.52. The molecule has 4 rings (SSSR count). The van der Waals surface area contributed by atoms with E-state index < -0.39 is 0 Å². The Morgan fingerprint density at radius 3 is 2.45 bits per heavy atom. The van der Waals surface area contributed by atoms with Gasteiger partial charge < -0.3 is 5.32 Å². The van der Waals surface area contributed by atoms with E-state index in [1.807, 2.05) is 30.3 Å². The fourth-order valence-electron chi connectivity index (χ4n) is 3.12. The molecule has 0 unspecified atom stereocenters. The summed E-state index contributed by atoms with van der Waals surface area (Å²) >= 11 is 0. The van der Waals surface area contributed by atoms with Crippen molar-refractivity contribution in [1.29, 1.82) is 0 Å². The van der Waals surface area contributed by atoms with Crippen molar-refractivity contribution in [3.63, 3.8) is 0 Å². The first-order valence-corrected chi connectivity index (χ1v) is 7.52. The third-order valence-electron chi connectivity index (χ3n) is 4.24. The van der Waals surface area contributed by atoms with Crippen LogP contribution in [0.4, 0.5) is 0 Å². The van der Waals surface area contributed by atoms with Gasteiger partial charge in [0, 0.05) is 17.6 Å². The highest BCUT2D eigenvalue weighted by atomic mass is 16.1. The van der Waals surface area contributed by atoms with Gasteiger partial charge in [0.25, 0.3) is 5.91 Å². The number of rotatable bonds is 2. The molecule has 1 aromatic heterocycles. The van der Waals surface area contributed by atoms with Crippen LogP contribution in [0.1, 0.15) is 21.5 Å². The predicted molar refractivity (Wildman–Crippen MR) is 86.8 cm³/mol. The van der Waals surface area contributed by atoms with Crippen molar-refractivity contribution >= 4 is 16.8 Å². The van der Waals surface area contributed by atoms with Gasteiger partial charge in [0.1, 0.15) is 0 Å². The van der Waals surface area contributed by atoms with Crippen molar-refractivity contribution in [2.24, 2.45) is 0 Å². The molecule has 1 heterocycles. The third-order valence-corrected chi connectivity index (χ3v) is 4.24. The first kappa shape index (κ1) is 13.0. The molecule has 0 radical (unpaired) electrons.